The van der Waals surface area contributed by atoms with Gasteiger partial charge in [-0.3, -0.25) is 4.98 Å². The normalized spacial score (nSPS) is 12.1. The summed E-state index contributed by atoms with van der Waals surface area (Å²) in [5.74, 6) is -0.691. The second-order valence-electron chi connectivity index (χ2n) is 4.68. The van der Waals surface area contributed by atoms with Gasteiger partial charge in [-0.2, -0.15) is 13.2 Å². The molecule has 0 saturated carbocycles. The zero-order chi connectivity index (χ0) is 15.6. The highest BCUT2D eigenvalue weighted by molar-refractivity contribution is 7.15. The first-order valence-corrected chi connectivity index (χ1v) is 7.01. The lowest BCUT2D eigenvalue weighted by molar-refractivity contribution is -0.141. The van der Waals surface area contributed by atoms with Gasteiger partial charge in [0.1, 0.15) is 5.01 Å². The van der Waals surface area contributed by atoms with Crippen molar-refractivity contribution in [1.82, 2.24) is 15.3 Å². The highest BCUT2D eigenvalue weighted by Gasteiger charge is 2.37. The van der Waals surface area contributed by atoms with E-state index in [9.17, 15) is 17.6 Å². The number of thiazole rings is 1. The Kier molecular flexibility index (Phi) is 4.58. The molecule has 0 aliphatic rings. The number of rotatable bonds is 4. The van der Waals surface area contributed by atoms with Crippen molar-refractivity contribution in [1.29, 1.82) is 0 Å². The maximum Gasteiger partial charge on any atom is 0.434 e. The summed E-state index contributed by atoms with van der Waals surface area (Å²) < 4.78 is 52.7. The van der Waals surface area contributed by atoms with Crippen LogP contribution in [0.25, 0.3) is 10.6 Å². The van der Waals surface area contributed by atoms with E-state index >= 15 is 0 Å². The lowest BCUT2D eigenvalue weighted by Gasteiger charge is -2.09. The second kappa shape index (κ2) is 6.07. The minimum atomic E-state index is -4.56. The standard InChI is InChI=1S/C13H13F4N3S/c1-7(2)19-6-10-11(13(15,16)17)20-12(21-10)8-3-4-18-5-9(8)14/h3-5,7,19H,6H2,1-2H3. The molecular weight excluding hydrogens is 306 g/mol. The topological polar surface area (TPSA) is 37.8 Å². The molecule has 2 aromatic rings. The van der Waals surface area contributed by atoms with Gasteiger partial charge in [0.25, 0.3) is 0 Å². The Morgan fingerprint density at radius 2 is 2.05 bits per heavy atom. The first kappa shape index (κ1) is 15.8. The van der Waals surface area contributed by atoms with Crippen LogP contribution in [0.1, 0.15) is 24.4 Å². The average Bonchev–Trinajstić information content (AvgIpc) is 2.81. The van der Waals surface area contributed by atoms with Crippen LogP contribution in [0.15, 0.2) is 18.5 Å². The molecular formula is C13H13F4N3S. The molecule has 0 unspecified atom stereocenters. The van der Waals surface area contributed by atoms with Crippen molar-refractivity contribution in [2.24, 2.45) is 0 Å². The number of pyridine rings is 1. The summed E-state index contributed by atoms with van der Waals surface area (Å²) in [6.07, 6.45) is -2.29. The third kappa shape index (κ3) is 3.76. The first-order chi connectivity index (χ1) is 9.79. The van der Waals surface area contributed by atoms with Crippen molar-refractivity contribution >= 4 is 11.3 Å². The first-order valence-electron chi connectivity index (χ1n) is 6.19. The molecule has 0 aliphatic heterocycles. The third-order valence-electron chi connectivity index (χ3n) is 2.64. The molecule has 1 N–H and O–H groups in total. The highest BCUT2D eigenvalue weighted by atomic mass is 32.1. The van der Waals surface area contributed by atoms with E-state index in [4.69, 9.17) is 0 Å². The van der Waals surface area contributed by atoms with E-state index in [1.807, 2.05) is 13.8 Å². The smallest absolute Gasteiger partial charge is 0.310 e. The predicted octanol–water partition coefficient (Wildman–Crippen LogP) is 3.86. The van der Waals surface area contributed by atoms with Gasteiger partial charge in [-0.25, -0.2) is 9.37 Å². The molecule has 0 amide bonds. The molecule has 8 heteroatoms. The van der Waals surface area contributed by atoms with Crippen molar-refractivity contribution in [3.8, 4) is 10.6 Å². The molecule has 0 radical (unpaired) electrons. The Hall–Kier alpha value is -1.54. The molecule has 2 aromatic heterocycles. The van der Waals surface area contributed by atoms with Crippen LogP contribution < -0.4 is 5.32 Å². The lowest BCUT2D eigenvalue weighted by Crippen LogP contribution is -2.23. The van der Waals surface area contributed by atoms with Crippen LogP contribution in [0.5, 0.6) is 0 Å². The fourth-order valence-corrected chi connectivity index (χ4v) is 2.71. The fraction of sp³-hybridized carbons (Fsp3) is 0.385. The van der Waals surface area contributed by atoms with Gasteiger partial charge in [0, 0.05) is 24.3 Å². The number of hydrogen-bond donors (Lipinski definition) is 1. The van der Waals surface area contributed by atoms with E-state index in [1.165, 1.54) is 12.3 Å². The van der Waals surface area contributed by atoms with Crippen LogP contribution in [-0.4, -0.2) is 16.0 Å². The van der Waals surface area contributed by atoms with E-state index in [-0.39, 0.29) is 28.0 Å². The van der Waals surface area contributed by atoms with Gasteiger partial charge in [0.15, 0.2) is 11.5 Å². The molecule has 2 heterocycles. The van der Waals surface area contributed by atoms with E-state index < -0.39 is 17.7 Å². The summed E-state index contributed by atoms with van der Waals surface area (Å²) in [6, 6.07) is 1.35. The number of alkyl halides is 3. The Labute approximate surface area is 123 Å². The molecule has 0 atom stereocenters. The van der Waals surface area contributed by atoms with Gasteiger partial charge in [-0.15, -0.1) is 11.3 Å². The maximum atomic E-state index is 13.6. The molecule has 0 bridgehead atoms. The molecule has 21 heavy (non-hydrogen) atoms. The van der Waals surface area contributed by atoms with Crippen molar-refractivity contribution in [3.63, 3.8) is 0 Å². The SMILES string of the molecule is CC(C)NCc1sc(-c2ccncc2F)nc1C(F)(F)F. The minimum Gasteiger partial charge on any atom is -0.310 e. The number of nitrogens with one attached hydrogen (secondary N) is 1. The summed E-state index contributed by atoms with van der Waals surface area (Å²) in [5, 5.41) is 2.92. The van der Waals surface area contributed by atoms with Crippen molar-refractivity contribution in [2.45, 2.75) is 32.6 Å². The largest absolute Gasteiger partial charge is 0.434 e. The van der Waals surface area contributed by atoms with Crippen LogP contribution in [0.4, 0.5) is 17.6 Å². The Balaban J connectivity index is 2.43. The summed E-state index contributed by atoms with van der Waals surface area (Å²) in [7, 11) is 0. The van der Waals surface area contributed by atoms with Crippen LogP contribution >= 0.6 is 11.3 Å². The molecule has 114 valence electrons. The van der Waals surface area contributed by atoms with E-state index in [2.05, 4.69) is 15.3 Å². The summed E-state index contributed by atoms with van der Waals surface area (Å²) >= 11 is 0.834. The third-order valence-corrected chi connectivity index (χ3v) is 3.73. The monoisotopic (exact) mass is 319 g/mol. The van der Waals surface area contributed by atoms with E-state index in [1.54, 1.807) is 0 Å². The van der Waals surface area contributed by atoms with Crippen molar-refractivity contribution in [3.05, 3.63) is 34.8 Å². The number of hydrogen-bond acceptors (Lipinski definition) is 4. The quantitative estimate of drug-likeness (QED) is 0.870. The Bertz CT molecular complexity index is 622. The average molecular weight is 319 g/mol. The predicted molar refractivity (Wildman–Crippen MR) is 72.3 cm³/mol. The van der Waals surface area contributed by atoms with E-state index in [0.29, 0.717) is 0 Å². The second-order valence-corrected chi connectivity index (χ2v) is 5.76. The molecule has 0 fully saturated rings. The summed E-state index contributed by atoms with van der Waals surface area (Å²) in [6.45, 7) is 3.70. The van der Waals surface area contributed by atoms with Crippen LogP contribution in [0, 0.1) is 5.82 Å². The summed E-state index contributed by atoms with van der Waals surface area (Å²) in [5.41, 5.74) is -0.942. The Morgan fingerprint density at radius 3 is 2.62 bits per heavy atom. The molecule has 0 aromatic carbocycles. The van der Waals surface area contributed by atoms with Crippen molar-refractivity contribution < 1.29 is 17.6 Å². The zero-order valence-electron chi connectivity index (χ0n) is 11.3. The maximum absolute atomic E-state index is 13.6. The number of halogens is 4. The summed E-state index contributed by atoms with van der Waals surface area (Å²) in [4.78, 5) is 7.20. The van der Waals surface area contributed by atoms with Gasteiger partial charge in [0.05, 0.1) is 11.1 Å². The van der Waals surface area contributed by atoms with E-state index in [0.717, 1.165) is 17.5 Å². The number of nitrogens with zero attached hydrogens (tertiary/aromatic N) is 2. The molecule has 2 rings (SSSR count). The molecule has 0 saturated heterocycles. The van der Waals surface area contributed by atoms with Crippen LogP contribution in [0.2, 0.25) is 0 Å². The van der Waals surface area contributed by atoms with Gasteiger partial charge >= 0.3 is 6.18 Å². The van der Waals surface area contributed by atoms with Gasteiger partial charge < -0.3 is 5.32 Å². The lowest BCUT2D eigenvalue weighted by atomic mass is 10.2. The van der Waals surface area contributed by atoms with Crippen molar-refractivity contribution in [2.75, 3.05) is 0 Å². The molecule has 0 aliphatic carbocycles. The van der Waals surface area contributed by atoms with Crippen LogP contribution in [-0.2, 0) is 12.7 Å². The van der Waals surface area contributed by atoms with Gasteiger partial charge in [0.2, 0.25) is 0 Å². The van der Waals surface area contributed by atoms with Crippen LogP contribution in [0.3, 0.4) is 0 Å². The molecule has 3 nitrogen and oxygen atoms in total. The Morgan fingerprint density at radius 1 is 1.33 bits per heavy atom. The highest BCUT2D eigenvalue weighted by Crippen LogP contribution is 2.38. The number of aromatic nitrogens is 2. The molecule has 0 spiro atoms. The minimum absolute atomic E-state index is 0.00258. The van der Waals surface area contributed by atoms with Gasteiger partial charge in [-0.05, 0) is 6.07 Å². The van der Waals surface area contributed by atoms with Gasteiger partial charge in [-0.1, -0.05) is 13.8 Å². The zero-order valence-corrected chi connectivity index (χ0v) is 12.1. The fourth-order valence-electron chi connectivity index (χ4n) is 1.65.